The van der Waals surface area contributed by atoms with Gasteiger partial charge in [-0.1, -0.05) is 92.8 Å². The summed E-state index contributed by atoms with van der Waals surface area (Å²) in [4.78, 5) is 75.7. The lowest BCUT2D eigenvalue weighted by Gasteiger charge is -2.24. The van der Waals surface area contributed by atoms with E-state index in [-0.39, 0.29) is 0 Å². The van der Waals surface area contributed by atoms with Gasteiger partial charge in [0.15, 0.2) is 5.78 Å². The normalized spacial score (nSPS) is 21.4. The minimum Gasteiger partial charge on any atom is -0.288 e. The topological polar surface area (TPSA) is 102 Å². The van der Waals surface area contributed by atoms with Crippen LogP contribution in [0.3, 0.4) is 0 Å². The molecule has 0 N–H and O–H groups in total. The molecule has 14 heteroatoms. The van der Waals surface area contributed by atoms with Crippen molar-refractivity contribution < 1.29 is 28.8 Å². The van der Waals surface area contributed by atoms with Gasteiger partial charge < -0.3 is 0 Å². The van der Waals surface area contributed by atoms with Crippen LogP contribution in [0.15, 0.2) is 62.6 Å². The molecule has 0 aliphatic heterocycles. The van der Waals surface area contributed by atoms with Gasteiger partial charge in [0.1, 0.15) is 40.3 Å². The van der Waals surface area contributed by atoms with E-state index in [0.29, 0.717) is 0 Å². The highest BCUT2D eigenvalue weighted by molar-refractivity contribution is 6.68. The van der Waals surface area contributed by atoms with E-state index < -0.39 is 97.3 Å². The van der Waals surface area contributed by atoms with Gasteiger partial charge in [-0.05, 0) is 0 Å². The van der Waals surface area contributed by atoms with Gasteiger partial charge in [0, 0.05) is 0 Å². The molecule has 3 aliphatic rings. The molecule has 0 fully saturated rings. The van der Waals surface area contributed by atoms with Gasteiger partial charge >= 0.3 is 0 Å². The van der Waals surface area contributed by atoms with E-state index >= 15 is 0 Å². The first-order valence-corrected chi connectivity index (χ1v) is 10.8. The first-order valence-electron chi connectivity index (χ1n) is 7.74. The summed E-state index contributed by atoms with van der Waals surface area (Å²) in [6.07, 6.45) is 0. The number of rotatable bonds is 2. The standard InChI is InChI=1S/C18Cl8O6/c19-5-1(3-7(21)17(31)11(25)9(23)14(3)28)13(27)2(6(20)16(5)30)4-8(22)18(32)12(26)10(24)15(4)29. The summed E-state index contributed by atoms with van der Waals surface area (Å²) < 4.78 is 0. The summed E-state index contributed by atoms with van der Waals surface area (Å²) in [5.74, 6) is -7.27. The molecule has 0 saturated heterocycles. The molecule has 164 valence electrons. The third kappa shape index (κ3) is 3.58. The maximum Gasteiger partial charge on any atom is 0.218 e. The fourth-order valence-electron chi connectivity index (χ4n) is 2.78. The molecule has 0 bridgehead atoms. The van der Waals surface area contributed by atoms with Gasteiger partial charge in [0.05, 0.1) is 22.3 Å². The highest BCUT2D eigenvalue weighted by Gasteiger charge is 2.46. The third-order valence-corrected chi connectivity index (χ3v) is 7.34. The number of Topliss-reactive ketones (excluding diaryl/α,β-unsaturated/α-hetero) is 6. The fourth-order valence-corrected chi connectivity index (χ4v) is 4.74. The average Bonchev–Trinajstić information content (AvgIpc) is 2.76. The van der Waals surface area contributed by atoms with Gasteiger partial charge in [-0.2, -0.15) is 0 Å². The molecule has 0 atom stereocenters. The van der Waals surface area contributed by atoms with Crippen molar-refractivity contribution in [3.05, 3.63) is 62.6 Å². The Morgan fingerprint density at radius 3 is 0.719 bits per heavy atom. The molecule has 0 aromatic heterocycles. The number of halogens is 8. The molecule has 32 heavy (non-hydrogen) atoms. The first-order chi connectivity index (χ1) is 14.7. The summed E-state index contributed by atoms with van der Waals surface area (Å²) in [5.41, 5.74) is -3.53. The molecule has 3 rings (SSSR count). The lowest BCUT2D eigenvalue weighted by Crippen LogP contribution is -2.31. The van der Waals surface area contributed by atoms with Crippen molar-refractivity contribution >= 4 is 128 Å². The van der Waals surface area contributed by atoms with Crippen LogP contribution in [0.4, 0.5) is 0 Å². The van der Waals surface area contributed by atoms with Crippen molar-refractivity contribution in [3.63, 3.8) is 0 Å². The van der Waals surface area contributed by atoms with Crippen LogP contribution in [0.1, 0.15) is 0 Å². The zero-order chi connectivity index (χ0) is 24.4. The van der Waals surface area contributed by atoms with Crippen molar-refractivity contribution in [1.82, 2.24) is 0 Å². The zero-order valence-electron chi connectivity index (χ0n) is 14.5. The molecule has 0 spiro atoms. The van der Waals surface area contributed by atoms with Crippen molar-refractivity contribution in [2.75, 3.05) is 0 Å². The quantitative estimate of drug-likeness (QED) is 0.426. The van der Waals surface area contributed by atoms with Crippen molar-refractivity contribution in [2.24, 2.45) is 0 Å². The van der Waals surface area contributed by atoms with E-state index in [1.165, 1.54) is 0 Å². The Hall–Kier alpha value is -1.22. The van der Waals surface area contributed by atoms with Gasteiger partial charge in [-0.15, -0.1) is 0 Å². The second-order valence-corrected chi connectivity index (χ2v) is 9.01. The Labute approximate surface area is 217 Å². The average molecular weight is 596 g/mol. The molecule has 0 saturated carbocycles. The molecule has 3 aliphatic carbocycles. The van der Waals surface area contributed by atoms with Crippen molar-refractivity contribution in [3.8, 4) is 0 Å². The summed E-state index contributed by atoms with van der Waals surface area (Å²) >= 11 is 46.6. The lowest BCUT2D eigenvalue weighted by molar-refractivity contribution is -0.117. The Bertz CT molecular complexity index is 1240. The summed E-state index contributed by atoms with van der Waals surface area (Å²) in [6, 6.07) is 0. The highest BCUT2D eigenvalue weighted by atomic mass is 35.5. The van der Waals surface area contributed by atoms with Crippen molar-refractivity contribution in [1.29, 1.82) is 0 Å². The zero-order valence-corrected chi connectivity index (χ0v) is 20.5. The predicted molar refractivity (Wildman–Crippen MR) is 119 cm³/mol. The van der Waals surface area contributed by atoms with E-state index in [1.807, 2.05) is 0 Å². The molecule has 0 unspecified atom stereocenters. The van der Waals surface area contributed by atoms with E-state index in [2.05, 4.69) is 0 Å². The monoisotopic (exact) mass is 592 g/mol. The van der Waals surface area contributed by atoms with Gasteiger partial charge in [-0.25, -0.2) is 0 Å². The second-order valence-electron chi connectivity index (χ2n) is 5.99. The third-order valence-electron chi connectivity index (χ3n) is 4.27. The van der Waals surface area contributed by atoms with Crippen LogP contribution in [0, 0.1) is 0 Å². The molecular formula is C18Cl8O6. The minimum absolute atomic E-state index is 0.726. The molecule has 0 amide bonds. The summed E-state index contributed by atoms with van der Waals surface area (Å²) in [5, 5.41) is -6.61. The van der Waals surface area contributed by atoms with Crippen LogP contribution < -0.4 is 0 Å². The van der Waals surface area contributed by atoms with E-state index in [0.717, 1.165) is 0 Å². The largest absolute Gasteiger partial charge is 0.288 e. The molecule has 0 radical (unpaired) electrons. The Morgan fingerprint density at radius 1 is 0.250 bits per heavy atom. The van der Waals surface area contributed by atoms with Crippen LogP contribution in [0.5, 0.6) is 0 Å². The highest BCUT2D eigenvalue weighted by Crippen LogP contribution is 2.44. The maximum absolute atomic E-state index is 13.3. The number of ketones is 6. The van der Waals surface area contributed by atoms with Crippen LogP contribution in [-0.2, 0) is 28.8 Å². The Morgan fingerprint density at radius 2 is 0.438 bits per heavy atom. The van der Waals surface area contributed by atoms with Crippen LogP contribution in [-0.4, -0.2) is 34.7 Å². The van der Waals surface area contributed by atoms with Crippen LogP contribution in [0.25, 0.3) is 0 Å². The van der Waals surface area contributed by atoms with Crippen LogP contribution in [0.2, 0.25) is 0 Å². The van der Waals surface area contributed by atoms with E-state index in [1.54, 1.807) is 0 Å². The number of carbonyl (C=O) groups excluding carboxylic acids is 6. The van der Waals surface area contributed by atoms with E-state index in [4.69, 9.17) is 92.8 Å². The number of carbonyl (C=O) groups is 6. The minimum atomic E-state index is -1.34. The Kier molecular flexibility index (Phi) is 7.03. The summed E-state index contributed by atoms with van der Waals surface area (Å²) in [6.45, 7) is 0. The van der Waals surface area contributed by atoms with E-state index in [9.17, 15) is 28.8 Å². The van der Waals surface area contributed by atoms with Crippen LogP contribution >= 0.6 is 92.8 Å². The molecule has 6 nitrogen and oxygen atoms in total. The maximum atomic E-state index is 13.3. The summed E-state index contributed by atoms with van der Waals surface area (Å²) in [7, 11) is 0. The number of hydrogen-bond donors (Lipinski definition) is 0. The van der Waals surface area contributed by atoms with Gasteiger partial charge in [-0.3, -0.25) is 28.8 Å². The predicted octanol–water partition coefficient (Wildman–Crippen LogP) is 4.79. The van der Waals surface area contributed by atoms with Gasteiger partial charge in [0.2, 0.25) is 28.9 Å². The molecule has 0 aromatic rings. The SMILES string of the molecule is O=C1C(Cl)=C(Cl)C(=O)C(C2=C(Cl)C(=O)C(Cl)=C(C3=C(Cl)C(=O)C(Cl)=C(Cl)C3=O)C2=O)=C1Cl. The lowest BCUT2D eigenvalue weighted by atomic mass is 9.81. The second kappa shape index (κ2) is 8.85. The molecule has 0 heterocycles. The van der Waals surface area contributed by atoms with Crippen molar-refractivity contribution in [2.45, 2.75) is 0 Å². The number of allylic oxidation sites excluding steroid dienone is 12. The molecular weight excluding hydrogens is 596 g/mol. The molecule has 0 aromatic carbocycles. The Balaban J connectivity index is 2.31. The smallest absolute Gasteiger partial charge is 0.218 e. The number of hydrogen-bond acceptors (Lipinski definition) is 6. The van der Waals surface area contributed by atoms with Gasteiger partial charge in [0.25, 0.3) is 0 Å². The fraction of sp³-hybridized carbons (Fsp3) is 0. The first kappa shape index (κ1) is 25.4.